The van der Waals surface area contributed by atoms with Crippen molar-refractivity contribution in [3.05, 3.63) is 52.5 Å². The Morgan fingerprint density at radius 2 is 1.67 bits per heavy atom. The van der Waals surface area contributed by atoms with Gasteiger partial charge in [0.25, 0.3) is 0 Å². The minimum Gasteiger partial charge on any atom is -0.372 e. The van der Waals surface area contributed by atoms with Crippen molar-refractivity contribution in [1.82, 2.24) is 9.97 Å². The third-order valence-electron chi connectivity index (χ3n) is 2.96. The molecule has 0 saturated carbocycles. The topological polar surface area (TPSA) is 49.8 Å². The van der Waals surface area contributed by atoms with Gasteiger partial charge in [0, 0.05) is 28.2 Å². The number of halogens is 2. The summed E-state index contributed by atoms with van der Waals surface area (Å²) in [7, 11) is 1.83. The van der Waals surface area contributed by atoms with Crippen LogP contribution in [0.15, 0.2) is 42.5 Å². The van der Waals surface area contributed by atoms with Crippen LogP contribution in [0.4, 0.5) is 17.5 Å². The average molecular weight is 319 g/mol. The summed E-state index contributed by atoms with van der Waals surface area (Å²) in [5.41, 5.74) is 1.59. The van der Waals surface area contributed by atoms with E-state index in [9.17, 15) is 0 Å². The normalized spacial score (nSPS) is 10.6. The zero-order valence-corrected chi connectivity index (χ0v) is 12.7. The van der Waals surface area contributed by atoms with Crippen LogP contribution in [-0.4, -0.2) is 17.0 Å². The Hall–Kier alpha value is -2.04. The lowest BCUT2D eigenvalue weighted by atomic mass is 10.2. The SMILES string of the molecule is CNc1nc(Nc2cc(Cl)cc(Cl)c2)nc2ccccc12. The monoisotopic (exact) mass is 318 g/mol. The van der Waals surface area contributed by atoms with Crippen molar-refractivity contribution < 1.29 is 0 Å². The molecule has 0 radical (unpaired) electrons. The van der Waals surface area contributed by atoms with E-state index in [-0.39, 0.29) is 0 Å². The fourth-order valence-corrected chi connectivity index (χ4v) is 2.60. The predicted octanol–water partition coefficient (Wildman–Crippen LogP) is 4.72. The molecule has 4 nitrogen and oxygen atoms in total. The van der Waals surface area contributed by atoms with E-state index in [1.807, 2.05) is 31.3 Å². The number of para-hydroxylation sites is 1. The van der Waals surface area contributed by atoms with Gasteiger partial charge in [-0.05, 0) is 30.3 Å². The second kappa shape index (κ2) is 5.76. The first-order valence-corrected chi connectivity index (χ1v) is 7.09. The molecule has 21 heavy (non-hydrogen) atoms. The third kappa shape index (κ3) is 3.01. The minimum absolute atomic E-state index is 0.483. The first kappa shape index (κ1) is 13.9. The van der Waals surface area contributed by atoms with Gasteiger partial charge < -0.3 is 10.6 Å². The second-order valence-corrected chi connectivity index (χ2v) is 5.32. The molecular weight excluding hydrogens is 307 g/mol. The Morgan fingerprint density at radius 3 is 2.38 bits per heavy atom. The molecular formula is C15H12Cl2N4. The molecule has 0 bridgehead atoms. The van der Waals surface area contributed by atoms with Crippen LogP contribution in [0.25, 0.3) is 10.9 Å². The number of hydrogen-bond donors (Lipinski definition) is 2. The summed E-state index contributed by atoms with van der Waals surface area (Å²) in [6.45, 7) is 0. The van der Waals surface area contributed by atoms with Crippen molar-refractivity contribution in [2.45, 2.75) is 0 Å². The number of aromatic nitrogens is 2. The van der Waals surface area contributed by atoms with Gasteiger partial charge in [0.05, 0.1) is 5.52 Å². The molecule has 106 valence electrons. The number of fused-ring (bicyclic) bond motifs is 1. The van der Waals surface area contributed by atoms with E-state index in [0.29, 0.717) is 16.0 Å². The van der Waals surface area contributed by atoms with E-state index in [1.165, 1.54) is 0 Å². The minimum atomic E-state index is 0.483. The largest absolute Gasteiger partial charge is 0.372 e. The Morgan fingerprint density at radius 1 is 0.952 bits per heavy atom. The highest BCUT2D eigenvalue weighted by Crippen LogP contribution is 2.26. The fourth-order valence-electron chi connectivity index (χ4n) is 2.08. The summed E-state index contributed by atoms with van der Waals surface area (Å²) < 4.78 is 0. The van der Waals surface area contributed by atoms with Gasteiger partial charge in [0.15, 0.2) is 0 Å². The molecule has 3 rings (SSSR count). The van der Waals surface area contributed by atoms with Crippen molar-refractivity contribution >= 4 is 51.6 Å². The number of anilines is 3. The van der Waals surface area contributed by atoms with Crippen molar-refractivity contribution in [2.75, 3.05) is 17.7 Å². The van der Waals surface area contributed by atoms with Crippen molar-refractivity contribution in [2.24, 2.45) is 0 Å². The summed E-state index contributed by atoms with van der Waals surface area (Å²) >= 11 is 12.0. The van der Waals surface area contributed by atoms with Gasteiger partial charge in [-0.3, -0.25) is 0 Å². The van der Waals surface area contributed by atoms with Crippen LogP contribution in [0.5, 0.6) is 0 Å². The first-order valence-electron chi connectivity index (χ1n) is 6.33. The predicted molar refractivity (Wildman–Crippen MR) is 88.8 cm³/mol. The van der Waals surface area contributed by atoms with Gasteiger partial charge in [-0.2, -0.15) is 4.98 Å². The summed E-state index contributed by atoms with van der Waals surface area (Å²) in [4.78, 5) is 8.94. The van der Waals surface area contributed by atoms with E-state index in [2.05, 4.69) is 20.6 Å². The van der Waals surface area contributed by atoms with Gasteiger partial charge in [0.2, 0.25) is 5.95 Å². The maximum absolute atomic E-state index is 5.99. The van der Waals surface area contributed by atoms with Gasteiger partial charge in [-0.25, -0.2) is 4.98 Å². The summed E-state index contributed by atoms with van der Waals surface area (Å²) in [6.07, 6.45) is 0. The molecule has 0 spiro atoms. The fraction of sp³-hybridized carbons (Fsp3) is 0.0667. The van der Waals surface area contributed by atoms with Gasteiger partial charge in [-0.1, -0.05) is 35.3 Å². The van der Waals surface area contributed by atoms with Crippen LogP contribution >= 0.6 is 23.2 Å². The van der Waals surface area contributed by atoms with Gasteiger partial charge in [0.1, 0.15) is 5.82 Å². The molecule has 2 N–H and O–H groups in total. The lowest BCUT2D eigenvalue weighted by Gasteiger charge is -2.10. The van der Waals surface area contributed by atoms with Crippen LogP contribution in [-0.2, 0) is 0 Å². The number of hydrogen-bond acceptors (Lipinski definition) is 4. The van der Waals surface area contributed by atoms with Crippen LogP contribution in [0, 0.1) is 0 Å². The van der Waals surface area contributed by atoms with Crippen molar-refractivity contribution in [1.29, 1.82) is 0 Å². The van der Waals surface area contributed by atoms with E-state index in [0.717, 1.165) is 22.4 Å². The lowest BCUT2D eigenvalue weighted by Crippen LogP contribution is -2.02. The quantitative estimate of drug-likeness (QED) is 0.733. The third-order valence-corrected chi connectivity index (χ3v) is 3.40. The van der Waals surface area contributed by atoms with E-state index >= 15 is 0 Å². The Bertz CT molecular complexity index is 785. The Balaban J connectivity index is 2.04. The number of rotatable bonds is 3. The summed E-state index contributed by atoms with van der Waals surface area (Å²) in [5.74, 6) is 1.24. The zero-order valence-electron chi connectivity index (χ0n) is 11.2. The van der Waals surface area contributed by atoms with Gasteiger partial charge >= 0.3 is 0 Å². The van der Waals surface area contributed by atoms with Crippen LogP contribution in [0.3, 0.4) is 0 Å². The standard InChI is InChI=1S/C15H12Cl2N4/c1-18-14-12-4-2-3-5-13(12)20-15(21-14)19-11-7-9(16)6-10(17)8-11/h2-8H,1H3,(H2,18,19,20,21). The molecule has 0 amide bonds. The average Bonchev–Trinajstić information content (AvgIpc) is 2.45. The number of nitrogens with one attached hydrogen (secondary N) is 2. The first-order chi connectivity index (χ1) is 10.2. The number of nitrogens with zero attached hydrogens (tertiary/aromatic N) is 2. The molecule has 1 heterocycles. The van der Waals surface area contributed by atoms with Crippen LogP contribution in [0.1, 0.15) is 0 Å². The van der Waals surface area contributed by atoms with Crippen LogP contribution < -0.4 is 10.6 Å². The van der Waals surface area contributed by atoms with Gasteiger partial charge in [-0.15, -0.1) is 0 Å². The smallest absolute Gasteiger partial charge is 0.229 e. The molecule has 6 heteroatoms. The highest BCUT2D eigenvalue weighted by Gasteiger charge is 2.07. The highest BCUT2D eigenvalue weighted by molar-refractivity contribution is 6.35. The lowest BCUT2D eigenvalue weighted by molar-refractivity contribution is 1.20. The maximum Gasteiger partial charge on any atom is 0.229 e. The molecule has 0 saturated heterocycles. The molecule has 1 aromatic heterocycles. The molecule has 0 aliphatic rings. The zero-order chi connectivity index (χ0) is 14.8. The molecule has 0 atom stereocenters. The second-order valence-electron chi connectivity index (χ2n) is 4.45. The summed E-state index contributed by atoms with van der Waals surface area (Å²) in [5, 5.41) is 8.27. The van der Waals surface area contributed by atoms with E-state index in [1.54, 1.807) is 18.2 Å². The molecule has 0 aliphatic heterocycles. The van der Waals surface area contributed by atoms with Crippen molar-refractivity contribution in [3.8, 4) is 0 Å². The molecule has 3 aromatic rings. The summed E-state index contributed by atoms with van der Waals surface area (Å²) in [6, 6.07) is 13.0. The Kier molecular flexibility index (Phi) is 3.82. The Labute approximate surface area is 132 Å². The highest BCUT2D eigenvalue weighted by atomic mass is 35.5. The molecule has 0 fully saturated rings. The van der Waals surface area contributed by atoms with Crippen LogP contribution in [0.2, 0.25) is 10.0 Å². The van der Waals surface area contributed by atoms with E-state index < -0.39 is 0 Å². The molecule has 0 aliphatic carbocycles. The van der Waals surface area contributed by atoms with Crippen molar-refractivity contribution in [3.63, 3.8) is 0 Å². The number of benzene rings is 2. The maximum atomic E-state index is 5.99. The van der Waals surface area contributed by atoms with E-state index in [4.69, 9.17) is 23.2 Å². The molecule has 2 aromatic carbocycles. The molecule has 0 unspecified atom stereocenters.